The van der Waals surface area contributed by atoms with Crippen LogP contribution >= 0.6 is 11.3 Å². The minimum atomic E-state index is -0.329. The SMILES string of the molecule is O=C(Cc1csc(-c2cccnc2)n1)NC(c1ccccc1)c1ccco1. The Kier molecular flexibility index (Phi) is 5.07. The number of nitrogens with zero attached hydrogens (tertiary/aromatic N) is 2. The van der Waals surface area contributed by atoms with Crippen molar-refractivity contribution in [1.82, 2.24) is 15.3 Å². The third-order valence-electron chi connectivity index (χ3n) is 4.07. The standard InChI is InChI=1S/C21H17N3O2S/c25-19(12-17-14-27-21(23-17)16-8-4-10-22-13-16)24-20(18-9-5-11-26-18)15-6-2-1-3-7-15/h1-11,13-14,20H,12H2,(H,24,25). The van der Waals surface area contributed by atoms with Gasteiger partial charge in [-0.25, -0.2) is 4.98 Å². The number of carbonyl (C=O) groups is 1. The summed E-state index contributed by atoms with van der Waals surface area (Å²) in [6.45, 7) is 0. The normalized spacial score (nSPS) is 11.9. The fraction of sp³-hybridized carbons (Fsp3) is 0.0952. The summed E-state index contributed by atoms with van der Waals surface area (Å²) in [6.07, 6.45) is 5.31. The summed E-state index contributed by atoms with van der Waals surface area (Å²) < 4.78 is 5.53. The van der Waals surface area contributed by atoms with Gasteiger partial charge in [0.1, 0.15) is 16.8 Å². The first-order chi connectivity index (χ1) is 13.3. The van der Waals surface area contributed by atoms with Gasteiger partial charge in [0.2, 0.25) is 5.91 Å². The van der Waals surface area contributed by atoms with Crippen LogP contribution in [0.3, 0.4) is 0 Å². The molecule has 1 atom stereocenters. The lowest BCUT2D eigenvalue weighted by molar-refractivity contribution is -0.121. The summed E-state index contributed by atoms with van der Waals surface area (Å²) in [6, 6.07) is 16.9. The van der Waals surface area contributed by atoms with Crippen molar-refractivity contribution in [2.45, 2.75) is 12.5 Å². The van der Waals surface area contributed by atoms with Crippen LogP contribution in [0.1, 0.15) is 23.1 Å². The summed E-state index contributed by atoms with van der Waals surface area (Å²) in [4.78, 5) is 21.3. The van der Waals surface area contributed by atoms with Gasteiger partial charge in [-0.2, -0.15) is 0 Å². The molecular formula is C21H17N3O2S. The zero-order valence-corrected chi connectivity index (χ0v) is 15.2. The lowest BCUT2D eigenvalue weighted by atomic mass is 10.0. The van der Waals surface area contributed by atoms with E-state index < -0.39 is 0 Å². The Morgan fingerprint density at radius 1 is 1.11 bits per heavy atom. The molecule has 4 rings (SSSR count). The average molecular weight is 375 g/mol. The van der Waals surface area contributed by atoms with E-state index in [1.807, 2.05) is 60.0 Å². The number of thiazole rings is 1. The van der Waals surface area contributed by atoms with E-state index in [1.54, 1.807) is 18.7 Å². The summed E-state index contributed by atoms with van der Waals surface area (Å²) in [5.41, 5.74) is 2.66. The Bertz CT molecular complexity index is 998. The first kappa shape index (κ1) is 17.2. The zero-order chi connectivity index (χ0) is 18.5. The van der Waals surface area contributed by atoms with Gasteiger partial charge in [0.25, 0.3) is 0 Å². The molecule has 0 aliphatic carbocycles. The predicted molar refractivity (Wildman–Crippen MR) is 104 cm³/mol. The minimum Gasteiger partial charge on any atom is -0.467 e. The summed E-state index contributed by atoms with van der Waals surface area (Å²) in [7, 11) is 0. The summed E-state index contributed by atoms with van der Waals surface area (Å²) >= 11 is 1.51. The Hall–Kier alpha value is -3.25. The molecule has 3 heterocycles. The second kappa shape index (κ2) is 7.97. The van der Waals surface area contributed by atoms with E-state index in [4.69, 9.17) is 4.42 Å². The highest BCUT2D eigenvalue weighted by Gasteiger charge is 2.20. The van der Waals surface area contributed by atoms with Crippen molar-refractivity contribution in [2.24, 2.45) is 0 Å². The molecule has 0 saturated heterocycles. The van der Waals surface area contributed by atoms with Gasteiger partial charge < -0.3 is 9.73 Å². The monoisotopic (exact) mass is 375 g/mol. The van der Waals surface area contributed by atoms with Gasteiger partial charge in [0.15, 0.2) is 0 Å². The smallest absolute Gasteiger partial charge is 0.226 e. The number of hydrogen-bond acceptors (Lipinski definition) is 5. The molecule has 4 aromatic rings. The fourth-order valence-electron chi connectivity index (χ4n) is 2.81. The molecule has 134 valence electrons. The van der Waals surface area contributed by atoms with Crippen LogP contribution in [-0.2, 0) is 11.2 Å². The van der Waals surface area contributed by atoms with Crippen molar-refractivity contribution in [1.29, 1.82) is 0 Å². The van der Waals surface area contributed by atoms with Crippen LogP contribution in [0.15, 0.2) is 83.1 Å². The summed E-state index contributed by atoms with van der Waals surface area (Å²) in [5, 5.41) is 5.82. The number of amides is 1. The number of carbonyl (C=O) groups excluding carboxylic acids is 1. The van der Waals surface area contributed by atoms with E-state index in [-0.39, 0.29) is 18.4 Å². The molecule has 6 heteroatoms. The largest absolute Gasteiger partial charge is 0.467 e. The molecule has 0 bridgehead atoms. The first-order valence-corrected chi connectivity index (χ1v) is 9.40. The van der Waals surface area contributed by atoms with Crippen molar-refractivity contribution in [3.05, 3.63) is 95.7 Å². The van der Waals surface area contributed by atoms with Crippen molar-refractivity contribution < 1.29 is 9.21 Å². The van der Waals surface area contributed by atoms with E-state index in [0.29, 0.717) is 5.76 Å². The topological polar surface area (TPSA) is 68.0 Å². The van der Waals surface area contributed by atoms with Gasteiger partial charge in [-0.05, 0) is 29.8 Å². The highest BCUT2D eigenvalue weighted by molar-refractivity contribution is 7.13. The number of benzene rings is 1. The summed E-state index contributed by atoms with van der Waals surface area (Å²) in [5.74, 6) is 0.590. The molecule has 0 aliphatic rings. The molecule has 3 aromatic heterocycles. The molecule has 5 nitrogen and oxygen atoms in total. The van der Waals surface area contributed by atoms with Gasteiger partial charge in [-0.3, -0.25) is 9.78 Å². The number of aromatic nitrogens is 2. The quantitative estimate of drug-likeness (QED) is 0.547. The molecule has 27 heavy (non-hydrogen) atoms. The molecule has 0 fully saturated rings. The number of hydrogen-bond donors (Lipinski definition) is 1. The number of rotatable bonds is 6. The molecule has 0 saturated carbocycles. The van der Waals surface area contributed by atoms with E-state index >= 15 is 0 Å². The highest BCUT2D eigenvalue weighted by Crippen LogP contribution is 2.24. The molecule has 1 unspecified atom stereocenters. The average Bonchev–Trinajstić information content (AvgIpc) is 3.40. The van der Waals surface area contributed by atoms with Gasteiger partial charge in [0.05, 0.1) is 18.4 Å². The van der Waals surface area contributed by atoms with Crippen LogP contribution in [0.5, 0.6) is 0 Å². The Morgan fingerprint density at radius 3 is 2.74 bits per heavy atom. The van der Waals surface area contributed by atoms with Crippen LogP contribution in [0.25, 0.3) is 10.6 Å². The number of pyridine rings is 1. The number of nitrogens with one attached hydrogen (secondary N) is 1. The second-order valence-corrected chi connectivity index (χ2v) is 6.85. The van der Waals surface area contributed by atoms with Crippen LogP contribution in [0, 0.1) is 0 Å². The molecule has 1 aromatic carbocycles. The van der Waals surface area contributed by atoms with Gasteiger partial charge in [-0.15, -0.1) is 11.3 Å². The van der Waals surface area contributed by atoms with Crippen molar-refractivity contribution in [3.8, 4) is 10.6 Å². The maximum atomic E-state index is 12.6. The molecule has 1 amide bonds. The van der Waals surface area contributed by atoms with E-state index in [2.05, 4.69) is 15.3 Å². The van der Waals surface area contributed by atoms with Crippen molar-refractivity contribution in [2.75, 3.05) is 0 Å². The van der Waals surface area contributed by atoms with Crippen LogP contribution in [0.4, 0.5) is 0 Å². The van der Waals surface area contributed by atoms with Gasteiger partial charge >= 0.3 is 0 Å². The van der Waals surface area contributed by atoms with E-state index in [0.717, 1.165) is 21.8 Å². The maximum absolute atomic E-state index is 12.6. The first-order valence-electron chi connectivity index (χ1n) is 8.52. The Balaban J connectivity index is 1.49. The third-order valence-corrected chi connectivity index (χ3v) is 5.01. The third kappa shape index (κ3) is 4.12. The Morgan fingerprint density at radius 2 is 2.00 bits per heavy atom. The molecular weight excluding hydrogens is 358 g/mol. The van der Waals surface area contributed by atoms with E-state index in [9.17, 15) is 4.79 Å². The van der Waals surface area contributed by atoms with Crippen LogP contribution in [-0.4, -0.2) is 15.9 Å². The molecule has 0 spiro atoms. The van der Waals surface area contributed by atoms with Gasteiger partial charge in [-0.1, -0.05) is 30.3 Å². The second-order valence-electron chi connectivity index (χ2n) is 5.99. The number of furan rings is 1. The molecule has 0 radical (unpaired) electrons. The van der Waals surface area contributed by atoms with E-state index in [1.165, 1.54) is 11.3 Å². The van der Waals surface area contributed by atoms with Gasteiger partial charge in [0, 0.05) is 23.3 Å². The zero-order valence-electron chi connectivity index (χ0n) is 14.4. The lowest BCUT2D eigenvalue weighted by Gasteiger charge is -2.17. The lowest BCUT2D eigenvalue weighted by Crippen LogP contribution is -2.30. The fourth-order valence-corrected chi connectivity index (χ4v) is 3.62. The predicted octanol–water partition coefficient (Wildman–Crippen LogP) is 4.25. The maximum Gasteiger partial charge on any atom is 0.226 e. The minimum absolute atomic E-state index is 0.108. The molecule has 0 aliphatic heterocycles. The Labute approximate surface area is 160 Å². The van der Waals surface area contributed by atoms with Crippen LogP contribution in [0.2, 0.25) is 0 Å². The molecule has 1 N–H and O–H groups in total. The highest BCUT2D eigenvalue weighted by atomic mass is 32.1. The van der Waals surface area contributed by atoms with Crippen LogP contribution < -0.4 is 5.32 Å². The van der Waals surface area contributed by atoms with Crippen molar-refractivity contribution in [3.63, 3.8) is 0 Å². The van der Waals surface area contributed by atoms with Crippen molar-refractivity contribution >= 4 is 17.2 Å².